The van der Waals surface area contributed by atoms with Gasteiger partial charge in [-0.15, -0.1) is 0 Å². The number of carbonyl (C=O) groups is 1. The minimum Gasteiger partial charge on any atom is -0.496 e. The molecule has 0 spiro atoms. The van der Waals surface area contributed by atoms with E-state index in [0.717, 1.165) is 37.2 Å². The van der Waals surface area contributed by atoms with Crippen molar-refractivity contribution < 1.29 is 9.53 Å². The molecule has 0 aromatic heterocycles. The zero-order valence-corrected chi connectivity index (χ0v) is 11.3. The Labute approximate surface area is 114 Å². The molecule has 2 rings (SSSR count). The van der Waals surface area contributed by atoms with Gasteiger partial charge in [-0.25, -0.2) is 4.79 Å². The van der Waals surface area contributed by atoms with Gasteiger partial charge in [-0.1, -0.05) is 18.2 Å². The van der Waals surface area contributed by atoms with Gasteiger partial charge in [-0.05, 0) is 31.4 Å². The topological polar surface area (TPSA) is 41.6 Å². The number of urea groups is 1. The first-order chi connectivity index (χ1) is 9.31. The highest BCUT2D eigenvalue weighted by Gasteiger charge is 2.14. The normalized spacial score (nSPS) is 15.5. The minimum absolute atomic E-state index is 0.0224. The fraction of sp³-hybridized carbons (Fsp3) is 0.400. The maximum Gasteiger partial charge on any atom is 0.321 e. The van der Waals surface area contributed by atoms with Crippen molar-refractivity contribution in [3.8, 4) is 5.75 Å². The number of hydrogen-bond donors (Lipinski definition) is 1. The smallest absolute Gasteiger partial charge is 0.321 e. The molecular formula is C15H20N2O2. The number of benzene rings is 1. The van der Waals surface area contributed by atoms with Crippen LogP contribution in [0.1, 0.15) is 24.8 Å². The van der Waals surface area contributed by atoms with Gasteiger partial charge in [-0.2, -0.15) is 0 Å². The largest absolute Gasteiger partial charge is 0.496 e. The van der Waals surface area contributed by atoms with E-state index in [1.807, 2.05) is 35.2 Å². The van der Waals surface area contributed by atoms with Crippen LogP contribution < -0.4 is 10.1 Å². The first-order valence-electron chi connectivity index (χ1n) is 6.66. The lowest BCUT2D eigenvalue weighted by Crippen LogP contribution is -2.40. The van der Waals surface area contributed by atoms with E-state index >= 15 is 0 Å². The molecule has 1 N–H and O–H groups in total. The molecule has 1 aromatic rings. The molecule has 4 nitrogen and oxygen atoms in total. The number of piperidine rings is 1. The Balaban J connectivity index is 1.90. The average molecular weight is 260 g/mol. The highest BCUT2D eigenvalue weighted by molar-refractivity contribution is 5.76. The number of carbonyl (C=O) groups excluding carboxylic acids is 1. The highest BCUT2D eigenvalue weighted by atomic mass is 16.5. The third-order valence-electron chi connectivity index (χ3n) is 3.25. The van der Waals surface area contributed by atoms with Gasteiger partial charge >= 0.3 is 6.03 Å². The van der Waals surface area contributed by atoms with Crippen LogP contribution in [0.15, 0.2) is 30.5 Å². The molecule has 102 valence electrons. The molecule has 1 heterocycles. The molecule has 4 heteroatoms. The number of likely N-dealkylation sites (tertiary alicyclic amines) is 1. The lowest BCUT2D eigenvalue weighted by molar-refractivity contribution is 0.190. The third-order valence-corrected chi connectivity index (χ3v) is 3.25. The zero-order chi connectivity index (χ0) is 13.5. The molecule has 19 heavy (non-hydrogen) atoms. The summed E-state index contributed by atoms with van der Waals surface area (Å²) in [7, 11) is 1.64. The molecule has 1 saturated heterocycles. The van der Waals surface area contributed by atoms with Crippen molar-refractivity contribution in [3.05, 3.63) is 36.0 Å². The summed E-state index contributed by atoms with van der Waals surface area (Å²) in [6.45, 7) is 1.71. The Kier molecular flexibility index (Phi) is 4.84. The first kappa shape index (κ1) is 13.5. The molecule has 1 aliphatic heterocycles. The van der Waals surface area contributed by atoms with E-state index in [-0.39, 0.29) is 6.03 Å². The number of rotatable bonds is 3. The number of hydrogen-bond acceptors (Lipinski definition) is 2. The Hall–Kier alpha value is -1.97. The second-order valence-corrected chi connectivity index (χ2v) is 4.57. The van der Waals surface area contributed by atoms with E-state index in [1.54, 1.807) is 13.3 Å². The SMILES string of the molecule is COc1ccccc1/C=C/NC(=O)N1CCCCC1. The lowest BCUT2D eigenvalue weighted by Gasteiger charge is -2.26. The molecule has 2 amide bonds. The van der Waals surface area contributed by atoms with Gasteiger partial charge in [0.05, 0.1) is 7.11 Å². The van der Waals surface area contributed by atoms with Crippen molar-refractivity contribution in [3.63, 3.8) is 0 Å². The zero-order valence-electron chi connectivity index (χ0n) is 11.3. The van der Waals surface area contributed by atoms with Crippen LogP contribution in [0.2, 0.25) is 0 Å². The van der Waals surface area contributed by atoms with Gasteiger partial charge in [0, 0.05) is 24.9 Å². The molecule has 1 fully saturated rings. The highest BCUT2D eigenvalue weighted by Crippen LogP contribution is 2.18. The van der Waals surface area contributed by atoms with Crippen LogP contribution in [-0.2, 0) is 0 Å². The van der Waals surface area contributed by atoms with E-state index in [4.69, 9.17) is 4.74 Å². The molecule has 0 saturated carbocycles. The average Bonchev–Trinajstić information content (AvgIpc) is 2.48. The number of nitrogens with zero attached hydrogens (tertiary/aromatic N) is 1. The molecule has 0 bridgehead atoms. The molecule has 1 aromatic carbocycles. The quantitative estimate of drug-likeness (QED) is 0.908. The van der Waals surface area contributed by atoms with E-state index in [2.05, 4.69) is 5.32 Å². The summed E-state index contributed by atoms with van der Waals surface area (Å²) >= 11 is 0. The molecule has 1 aliphatic rings. The van der Waals surface area contributed by atoms with E-state index < -0.39 is 0 Å². The van der Waals surface area contributed by atoms with Crippen molar-refractivity contribution in [2.45, 2.75) is 19.3 Å². The fourth-order valence-corrected chi connectivity index (χ4v) is 2.20. The lowest BCUT2D eigenvalue weighted by atomic mass is 10.1. The summed E-state index contributed by atoms with van der Waals surface area (Å²) < 4.78 is 5.24. The van der Waals surface area contributed by atoms with Crippen molar-refractivity contribution in [2.75, 3.05) is 20.2 Å². The number of methoxy groups -OCH3 is 1. The van der Waals surface area contributed by atoms with Crippen molar-refractivity contribution in [2.24, 2.45) is 0 Å². The summed E-state index contributed by atoms with van der Waals surface area (Å²) in [5.74, 6) is 0.797. The Morgan fingerprint density at radius 1 is 1.26 bits per heavy atom. The van der Waals surface area contributed by atoms with Gasteiger partial charge in [0.25, 0.3) is 0 Å². The van der Waals surface area contributed by atoms with Crippen LogP contribution >= 0.6 is 0 Å². The summed E-state index contributed by atoms with van der Waals surface area (Å²) in [5.41, 5.74) is 0.948. The number of ether oxygens (including phenoxy) is 1. The van der Waals surface area contributed by atoms with Crippen LogP contribution in [0.5, 0.6) is 5.75 Å². The van der Waals surface area contributed by atoms with Gasteiger partial charge in [-0.3, -0.25) is 0 Å². The standard InChI is InChI=1S/C15H20N2O2/c1-19-14-8-4-3-7-13(14)9-10-16-15(18)17-11-5-2-6-12-17/h3-4,7-10H,2,5-6,11-12H2,1H3,(H,16,18)/b10-9+. The van der Waals surface area contributed by atoms with Gasteiger partial charge < -0.3 is 15.0 Å². The Morgan fingerprint density at radius 2 is 2.00 bits per heavy atom. The number of nitrogens with one attached hydrogen (secondary N) is 1. The maximum absolute atomic E-state index is 11.9. The predicted molar refractivity (Wildman–Crippen MR) is 76.0 cm³/mol. The first-order valence-corrected chi connectivity index (χ1v) is 6.66. The van der Waals surface area contributed by atoms with Crippen LogP contribution in [0.25, 0.3) is 6.08 Å². The van der Waals surface area contributed by atoms with Crippen molar-refractivity contribution in [1.82, 2.24) is 10.2 Å². The molecule has 0 unspecified atom stereocenters. The second-order valence-electron chi connectivity index (χ2n) is 4.57. The van der Waals surface area contributed by atoms with E-state index in [0.29, 0.717) is 0 Å². The monoisotopic (exact) mass is 260 g/mol. The van der Waals surface area contributed by atoms with Crippen molar-refractivity contribution in [1.29, 1.82) is 0 Å². The van der Waals surface area contributed by atoms with E-state index in [1.165, 1.54) is 6.42 Å². The Bertz CT molecular complexity index is 451. The van der Waals surface area contributed by atoms with Gasteiger partial charge in [0.15, 0.2) is 0 Å². The number of amides is 2. The van der Waals surface area contributed by atoms with Crippen LogP contribution in [-0.4, -0.2) is 31.1 Å². The van der Waals surface area contributed by atoms with Crippen LogP contribution in [0, 0.1) is 0 Å². The summed E-state index contributed by atoms with van der Waals surface area (Å²) in [4.78, 5) is 13.7. The fourth-order valence-electron chi connectivity index (χ4n) is 2.20. The molecule has 0 aliphatic carbocycles. The summed E-state index contributed by atoms with van der Waals surface area (Å²) in [6, 6.07) is 7.68. The minimum atomic E-state index is -0.0224. The maximum atomic E-state index is 11.9. The van der Waals surface area contributed by atoms with Gasteiger partial charge in [0.1, 0.15) is 5.75 Å². The van der Waals surface area contributed by atoms with Gasteiger partial charge in [0.2, 0.25) is 0 Å². The number of para-hydroxylation sites is 1. The molecule has 0 radical (unpaired) electrons. The third kappa shape index (κ3) is 3.74. The molecule has 0 atom stereocenters. The Morgan fingerprint density at radius 3 is 2.74 bits per heavy atom. The molecular weight excluding hydrogens is 240 g/mol. The van der Waals surface area contributed by atoms with Crippen LogP contribution in [0.4, 0.5) is 4.79 Å². The second kappa shape index (κ2) is 6.83. The predicted octanol–water partition coefficient (Wildman–Crippen LogP) is 2.86. The van der Waals surface area contributed by atoms with Crippen molar-refractivity contribution >= 4 is 12.1 Å². The summed E-state index contributed by atoms with van der Waals surface area (Å²) in [6.07, 6.45) is 6.95. The van der Waals surface area contributed by atoms with Crippen LogP contribution in [0.3, 0.4) is 0 Å². The van der Waals surface area contributed by atoms with E-state index in [9.17, 15) is 4.79 Å². The summed E-state index contributed by atoms with van der Waals surface area (Å²) in [5, 5.41) is 2.80.